The molecule has 1 atom stereocenters. The molecule has 14 heavy (non-hydrogen) atoms. The number of ether oxygens (including phenoxy) is 1. The van der Waals surface area contributed by atoms with E-state index in [1.54, 1.807) is 0 Å². The van der Waals surface area contributed by atoms with Gasteiger partial charge in [-0.2, -0.15) is 0 Å². The number of aliphatic hydroxyl groups excluding tert-OH is 1. The van der Waals surface area contributed by atoms with E-state index in [1.807, 2.05) is 4.90 Å². The summed E-state index contributed by atoms with van der Waals surface area (Å²) in [5.41, 5.74) is 0. The van der Waals surface area contributed by atoms with Crippen molar-refractivity contribution in [2.45, 2.75) is 37.8 Å². The van der Waals surface area contributed by atoms with Gasteiger partial charge in [0.15, 0.2) is 0 Å². The third-order valence-corrected chi connectivity index (χ3v) is 3.08. The van der Waals surface area contributed by atoms with Crippen molar-refractivity contribution in [3.05, 3.63) is 0 Å². The lowest BCUT2D eigenvalue weighted by Crippen LogP contribution is -2.51. The fourth-order valence-electron chi connectivity index (χ4n) is 2.24. The van der Waals surface area contributed by atoms with Crippen molar-refractivity contribution >= 4 is 5.91 Å². The summed E-state index contributed by atoms with van der Waals surface area (Å²) in [5, 5.41) is 9.46. The number of aliphatic hydroxyl groups is 1. The molecule has 0 spiro atoms. The first-order valence-corrected chi connectivity index (χ1v) is 5.35. The van der Waals surface area contributed by atoms with Crippen LogP contribution in [0, 0.1) is 0 Å². The molecule has 2 fully saturated rings. The topological polar surface area (TPSA) is 49.8 Å². The van der Waals surface area contributed by atoms with E-state index < -0.39 is 6.10 Å². The van der Waals surface area contributed by atoms with Crippen molar-refractivity contribution in [2.24, 2.45) is 0 Å². The Morgan fingerprint density at radius 2 is 2.00 bits per heavy atom. The molecule has 1 unspecified atom stereocenters. The Kier molecular flexibility index (Phi) is 3.03. The lowest BCUT2D eigenvalue weighted by atomic mass is 10.0. The van der Waals surface area contributed by atoms with Gasteiger partial charge >= 0.3 is 0 Å². The predicted molar refractivity (Wildman–Crippen MR) is 50.8 cm³/mol. The average molecular weight is 199 g/mol. The molecule has 2 rings (SSSR count). The molecule has 2 saturated heterocycles. The van der Waals surface area contributed by atoms with Gasteiger partial charge in [-0.25, -0.2) is 0 Å². The van der Waals surface area contributed by atoms with Crippen LogP contribution in [0.4, 0.5) is 0 Å². The van der Waals surface area contributed by atoms with Crippen LogP contribution in [0.2, 0.25) is 0 Å². The van der Waals surface area contributed by atoms with E-state index in [0.29, 0.717) is 12.5 Å². The van der Waals surface area contributed by atoms with Gasteiger partial charge in [-0.1, -0.05) is 0 Å². The number of nitrogens with zero attached hydrogens (tertiary/aromatic N) is 1. The summed E-state index contributed by atoms with van der Waals surface area (Å²) >= 11 is 0. The largest absolute Gasteiger partial charge is 0.383 e. The van der Waals surface area contributed by atoms with Gasteiger partial charge in [-0.05, 0) is 25.7 Å². The second-order valence-electron chi connectivity index (χ2n) is 4.03. The maximum Gasteiger partial charge on any atom is 0.251 e. The van der Waals surface area contributed by atoms with E-state index in [1.165, 1.54) is 0 Å². The highest BCUT2D eigenvalue weighted by atomic mass is 16.5. The molecule has 0 bridgehead atoms. The highest BCUT2D eigenvalue weighted by Crippen LogP contribution is 2.20. The van der Waals surface area contributed by atoms with E-state index in [2.05, 4.69) is 0 Å². The monoisotopic (exact) mass is 199 g/mol. The van der Waals surface area contributed by atoms with Crippen LogP contribution in [-0.2, 0) is 9.53 Å². The van der Waals surface area contributed by atoms with Crippen LogP contribution in [0.15, 0.2) is 0 Å². The standard InChI is InChI=1S/C10H17NO3/c12-9-2-1-5-11(10(9)13)8-3-6-14-7-4-8/h8-9,12H,1-7H2. The lowest BCUT2D eigenvalue weighted by molar-refractivity contribution is -0.148. The fourth-order valence-corrected chi connectivity index (χ4v) is 2.24. The Labute approximate surface area is 83.8 Å². The van der Waals surface area contributed by atoms with Crippen LogP contribution in [0.1, 0.15) is 25.7 Å². The zero-order valence-corrected chi connectivity index (χ0v) is 8.32. The number of likely N-dealkylation sites (tertiary alicyclic amines) is 1. The fraction of sp³-hybridized carbons (Fsp3) is 0.900. The summed E-state index contributed by atoms with van der Waals surface area (Å²) in [4.78, 5) is 13.5. The summed E-state index contributed by atoms with van der Waals surface area (Å²) in [6.07, 6.45) is 2.62. The van der Waals surface area contributed by atoms with Crippen LogP contribution in [-0.4, -0.2) is 47.8 Å². The van der Waals surface area contributed by atoms with Crippen molar-refractivity contribution in [2.75, 3.05) is 19.8 Å². The molecule has 0 aromatic carbocycles. The molecule has 2 heterocycles. The molecule has 1 N–H and O–H groups in total. The first kappa shape index (κ1) is 9.93. The summed E-state index contributed by atoms with van der Waals surface area (Å²) in [5.74, 6) is -0.0804. The maximum absolute atomic E-state index is 11.7. The molecule has 0 aromatic heterocycles. The quantitative estimate of drug-likeness (QED) is 0.654. The highest BCUT2D eigenvalue weighted by Gasteiger charge is 2.32. The van der Waals surface area contributed by atoms with Gasteiger partial charge in [0.2, 0.25) is 0 Å². The summed E-state index contributed by atoms with van der Waals surface area (Å²) in [7, 11) is 0. The first-order valence-electron chi connectivity index (χ1n) is 5.35. The minimum atomic E-state index is -0.758. The summed E-state index contributed by atoms with van der Waals surface area (Å²) < 4.78 is 5.25. The number of rotatable bonds is 1. The Balaban J connectivity index is 1.97. The van der Waals surface area contributed by atoms with E-state index in [4.69, 9.17) is 4.74 Å². The molecule has 80 valence electrons. The first-order chi connectivity index (χ1) is 6.79. The zero-order chi connectivity index (χ0) is 9.97. The molecule has 2 aliphatic heterocycles. The van der Waals surface area contributed by atoms with Crippen LogP contribution in [0.3, 0.4) is 0 Å². The van der Waals surface area contributed by atoms with Gasteiger partial charge < -0.3 is 14.7 Å². The van der Waals surface area contributed by atoms with Crippen LogP contribution >= 0.6 is 0 Å². The molecule has 0 radical (unpaired) electrons. The molecule has 1 amide bonds. The molecule has 2 aliphatic rings. The van der Waals surface area contributed by atoms with Crippen molar-refractivity contribution in [1.29, 1.82) is 0 Å². The third-order valence-electron chi connectivity index (χ3n) is 3.08. The van der Waals surface area contributed by atoms with Crippen molar-refractivity contribution in [1.82, 2.24) is 4.90 Å². The van der Waals surface area contributed by atoms with Gasteiger partial charge in [0.1, 0.15) is 6.10 Å². The lowest BCUT2D eigenvalue weighted by Gasteiger charge is -2.38. The molecular weight excluding hydrogens is 182 g/mol. The second-order valence-corrected chi connectivity index (χ2v) is 4.03. The van der Waals surface area contributed by atoms with Gasteiger partial charge in [0.05, 0.1) is 0 Å². The summed E-state index contributed by atoms with van der Waals surface area (Å²) in [6.45, 7) is 2.29. The molecule has 4 heteroatoms. The SMILES string of the molecule is O=C1C(O)CCCN1C1CCOCC1. The van der Waals surface area contributed by atoms with Crippen molar-refractivity contribution in [3.63, 3.8) is 0 Å². The van der Waals surface area contributed by atoms with Crippen LogP contribution in [0.25, 0.3) is 0 Å². The number of hydrogen-bond acceptors (Lipinski definition) is 3. The van der Waals surface area contributed by atoms with Crippen LogP contribution < -0.4 is 0 Å². The Bertz CT molecular complexity index is 213. The van der Waals surface area contributed by atoms with E-state index in [9.17, 15) is 9.90 Å². The average Bonchev–Trinajstić information content (AvgIpc) is 2.23. The van der Waals surface area contributed by atoms with Gasteiger partial charge in [-0.3, -0.25) is 4.79 Å². The Hall–Kier alpha value is -0.610. The molecule has 0 aromatic rings. The smallest absolute Gasteiger partial charge is 0.251 e. The second kappa shape index (κ2) is 4.28. The Morgan fingerprint density at radius 1 is 1.29 bits per heavy atom. The number of amides is 1. The van der Waals surface area contributed by atoms with Crippen LogP contribution in [0.5, 0.6) is 0 Å². The number of hydrogen-bond donors (Lipinski definition) is 1. The molecule has 4 nitrogen and oxygen atoms in total. The van der Waals surface area contributed by atoms with Crippen molar-refractivity contribution in [3.8, 4) is 0 Å². The van der Waals surface area contributed by atoms with Gasteiger partial charge in [-0.15, -0.1) is 0 Å². The third kappa shape index (κ3) is 1.91. The predicted octanol–water partition coefficient (Wildman–Crippen LogP) is 0.149. The summed E-state index contributed by atoms with van der Waals surface area (Å²) in [6, 6.07) is 0.297. The molecule has 0 aliphatic carbocycles. The highest BCUT2D eigenvalue weighted by molar-refractivity contribution is 5.81. The maximum atomic E-state index is 11.7. The van der Waals surface area contributed by atoms with Gasteiger partial charge in [0.25, 0.3) is 5.91 Å². The number of carbonyl (C=O) groups excluding carboxylic acids is 1. The minimum absolute atomic E-state index is 0.0804. The van der Waals surface area contributed by atoms with E-state index >= 15 is 0 Å². The number of carbonyl (C=O) groups is 1. The van der Waals surface area contributed by atoms with Gasteiger partial charge in [0, 0.05) is 25.8 Å². The normalized spacial score (nSPS) is 30.8. The van der Waals surface area contributed by atoms with E-state index in [0.717, 1.165) is 39.0 Å². The van der Waals surface area contributed by atoms with E-state index in [-0.39, 0.29) is 5.91 Å². The molecular formula is C10H17NO3. The molecule has 0 saturated carbocycles. The minimum Gasteiger partial charge on any atom is -0.383 e. The number of piperidine rings is 1. The Morgan fingerprint density at radius 3 is 2.71 bits per heavy atom. The zero-order valence-electron chi connectivity index (χ0n) is 8.32. The van der Waals surface area contributed by atoms with Crippen molar-refractivity contribution < 1.29 is 14.6 Å².